The summed E-state index contributed by atoms with van der Waals surface area (Å²) in [7, 11) is 4.62. The van der Waals surface area contributed by atoms with Crippen molar-refractivity contribution in [1.82, 2.24) is 9.91 Å². The smallest absolute Gasteiger partial charge is 0.262 e. The van der Waals surface area contributed by atoms with Gasteiger partial charge in [-0.2, -0.15) is 5.10 Å². The van der Waals surface area contributed by atoms with Crippen molar-refractivity contribution in [1.29, 1.82) is 0 Å². The minimum absolute atomic E-state index is 0.0977. The Morgan fingerprint density at radius 3 is 2.38 bits per heavy atom. The Kier molecular flexibility index (Phi) is 8.35. The molecule has 0 radical (unpaired) electrons. The molecule has 8 heteroatoms. The van der Waals surface area contributed by atoms with Crippen LogP contribution in [0, 0.1) is 0 Å². The van der Waals surface area contributed by atoms with Crippen LogP contribution in [0.25, 0.3) is 0 Å². The fourth-order valence-electron chi connectivity index (χ4n) is 3.58. The second kappa shape index (κ2) is 11.4. The first-order valence-corrected chi connectivity index (χ1v) is 10.4. The summed E-state index contributed by atoms with van der Waals surface area (Å²) in [6.45, 7) is 0.419. The summed E-state index contributed by atoms with van der Waals surface area (Å²) in [6.07, 6.45) is 0.576. The van der Waals surface area contributed by atoms with Crippen LogP contribution >= 0.6 is 0 Å². The third-order valence-electron chi connectivity index (χ3n) is 5.29. The van der Waals surface area contributed by atoms with E-state index in [1.54, 1.807) is 14.2 Å². The van der Waals surface area contributed by atoms with E-state index in [1.807, 2.05) is 54.6 Å². The maximum Gasteiger partial charge on any atom is 0.262 e. The molecule has 170 valence electrons. The number of carbonyl (C=O) groups excluding carboxylic acids is 2. The average Bonchev–Trinajstić information content (AvgIpc) is 3.28. The summed E-state index contributed by atoms with van der Waals surface area (Å²) in [5.41, 5.74) is 2.72. The predicted octanol–water partition coefficient (Wildman–Crippen LogP) is 2.49. The topological polar surface area (TPSA) is 80.7 Å². The molecule has 0 saturated carbocycles. The second-order valence-corrected chi connectivity index (χ2v) is 7.39. The van der Waals surface area contributed by atoms with Crippen LogP contribution in [0.15, 0.2) is 59.7 Å². The van der Waals surface area contributed by atoms with Gasteiger partial charge >= 0.3 is 0 Å². The number of hydrogen-bond acceptors (Lipinski definition) is 6. The Morgan fingerprint density at radius 1 is 1.03 bits per heavy atom. The first kappa shape index (κ1) is 23.4. The molecule has 2 amide bonds. The van der Waals surface area contributed by atoms with Crippen LogP contribution in [0.3, 0.4) is 0 Å². The largest absolute Gasteiger partial charge is 0.497 e. The summed E-state index contributed by atoms with van der Waals surface area (Å²) in [6, 6.07) is 17.1. The molecule has 1 aliphatic heterocycles. The molecular weight excluding hydrogens is 410 g/mol. The first-order chi connectivity index (χ1) is 15.6. The summed E-state index contributed by atoms with van der Waals surface area (Å²) >= 11 is 0. The van der Waals surface area contributed by atoms with Crippen molar-refractivity contribution in [2.75, 3.05) is 47.6 Å². The van der Waals surface area contributed by atoms with Gasteiger partial charge in [-0.25, -0.2) is 5.01 Å². The third-order valence-corrected chi connectivity index (χ3v) is 5.29. The Hall–Kier alpha value is -3.23. The van der Waals surface area contributed by atoms with E-state index < -0.39 is 0 Å². The van der Waals surface area contributed by atoms with Gasteiger partial charge < -0.3 is 19.1 Å². The van der Waals surface area contributed by atoms with Crippen molar-refractivity contribution in [3.05, 3.63) is 65.7 Å². The number of amides is 2. The van der Waals surface area contributed by atoms with Crippen molar-refractivity contribution in [2.24, 2.45) is 5.10 Å². The zero-order valence-corrected chi connectivity index (χ0v) is 18.7. The molecule has 0 aliphatic carbocycles. The molecule has 1 unspecified atom stereocenters. The van der Waals surface area contributed by atoms with Gasteiger partial charge in [0.1, 0.15) is 18.9 Å². The van der Waals surface area contributed by atoms with Crippen LogP contribution in [-0.4, -0.2) is 75.1 Å². The molecule has 0 N–H and O–H groups in total. The van der Waals surface area contributed by atoms with Gasteiger partial charge in [0.15, 0.2) is 0 Å². The second-order valence-electron chi connectivity index (χ2n) is 7.39. The molecule has 0 fully saturated rings. The molecule has 32 heavy (non-hydrogen) atoms. The maximum absolute atomic E-state index is 13.3. The maximum atomic E-state index is 13.3. The molecule has 2 aromatic carbocycles. The highest BCUT2D eigenvalue weighted by Crippen LogP contribution is 2.33. The predicted molar refractivity (Wildman–Crippen MR) is 121 cm³/mol. The van der Waals surface area contributed by atoms with Crippen molar-refractivity contribution in [3.8, 4) is 5.75 Å². The fraction of sp³-hybridized carbons (Fsp3) is 0.375. The van der Waals surface area contributed by atoms with Crippen molar-refractivity contribution < 1.29 is 23.8 Å². The standard InChI is InChI=1S/C24H29N3O5/c1-30-14-13-26(24(29)17-31-2)16-23(28)27-22(19-7-5-4-6-8-19)15-21(25-27)18-9-11-20(32-3)12-10-18/h4-12,22H,13-17H2,1-3H3. The number of rotatable bonds is 10. The minimum Gasteiger partial charge on any atom is -0.497 e. The van der Waals surface area contributed by atoms with E-state index in [0.29, 0.717) is 19.6 Å². The van der Waals surface area contributed by atoms with Gasteiger partial charge in [-0.1, -0.05) is 30.3 Å². The number of ether oxygens (including phenoxy) is 3. The van der Waals surface area contributed by atoms with Crippen LogP contribution in [0.2, 0.25) is 0 Å². The molecule has 0 aromatic heterocycles. The highest BCUT2D eigenvalue weighted by atomic mass is 16.5. The molecule has 3 rings (SSSR count). The van der Waals surface area contributed by atoms with E-state index >= 15 is 0 Å². The van der Waals surface area contributed by atoms with Crippen molar-refractivity contribution >= 4 is 17.5 Å². The fourth-order valence-corrected chi connectivity index (χ4v) is 3.58. The molecule has 1 heterocycles. The normalized spacial score (nSPS) is 15.4. The molecule has 1 atom stereocenters. The van der Waals surface area contributed by atoms with E-state index in [4.69, 9.17) is 14.2 Å². The Bertz CT molecular complexity index is 930. The number of hydrazone groups is 1. The lowest BCUT2D eigenvalue weighted by Crippen LogP contribution is -2.44. The lowest BCUT2D eigenvalue weighted by atomic mass is 9.98. The van der Waals surface area contributed by atoms with Gasteiger partial charge in [-0.3, -0.25) is 9.59 Å². The van der Waals surface area contributed by atoms with E-state index in [0.717, 1.165) is 22.6 Å². The third kappa shape index (κ3) is 5.72. The van der Waals surface area contributed by atoms with Crippen molar-refractivity contribution in [3.63, 3.8) is 0 Å². The van der Waals surface area contributed by atoms with Crippen LogP contribution < -0.4 is 4.74 Å². The SMILES string of the molecule is COCCN(CC(=O)N1N=C(c2ccc(OC)cc2)CC1c1ccccc1)C(=O)COC. The quantitative estimate of drug-likeness (QED) is 0.568. The minimum atomic E-state index is -0.271. The number of nitrogens with zero attached hydrogens (tertiary/aromatic N) is 3. The highest BCUT2D eigenvalue weighted by molar-refractivity contribution is 6.03. The monoisotopic (exact) mass is 439 g/mol. The summed E-state index contributed by atoms with van der Waals surface area (Å²) in [4.78, 5) is 27.2. The van der Waals surface area contributed by atoms with Crippen LogP contribution in [-0.2, 0) is 19.1 Å². The lowest BCUT2D eigenvalue weighted by Gasteiger charge is -2.26. The van der Waals surface area contributed by atoms with Gasteiger partial charge in [0.2, 0.25) is 5.91 Å². The van der Waals surface area contributed by atoms with Gasteiger partial charge in [-0.05, 0) is 35.4 Å². The lowest BCUT2D eigenvalue weighted by molar-refractivity contribution is -0.144. The van der Waals surface area contributed by atoms with Crippen LogP contribution in [0.4, 0.5) is 0 Å². The molecule has 1 aliphatic rings. The van der Waals surface area contributed by atoms with Crippen LogP contribution in [0.1, 0.15) is 23.6 Å². The summed E-state index contributed by atoms with van der Waals surface area (Å²) < 4.78 is 15.3. The van der Waals surface area contributed by atoms with E-state index in [9.17, 15) is 9.59 Å². The first-order valence-electron chi connectivity index (χ1n) is 10.4. The van der Waals surface area contributed by atoms with E-state index in [2.05, 4.69) is 5.10 Å². The molecular formula is C24H29N3O5. The van der Waals surface area contributed by atoms with Gasteiger partial charge in [0.25, 0.3) is 5.91 Å². The van der Waals surface area contributed by atoms with E-state index in [1.165, 1.54) is 17.0 Å². The molecule has 0 bridgehead atoms. The average molecular weight is 440 g/mol. The van der Waals surface area contributed by atoms with Gasteiger partial charge in [0, 0.05) is 27.2 Å². The van der Waals surface area contributed by atoms with E-state index in [-0.39, 0.29) is 31.0 Å². The molecule has 2 aromatic rings. The van der Waals surface area contributed by atoms with Gasteiger partial charge in [0.05, 0.1) is 25.5 Å². The number of carbonyl (C=O) groups is 2. The van der Waals surface area contributed by atoms with Gasteiger partial charge in [-0.15, -0.1) is 0 Å². The van der Waals surface area contributed by atoms with Crippen LogP contribution in [0.5, 0.6) is 5.75 Å². The molecule has 8 nitrogen and oxygen atoms in total. The Balaban J connectivity index is 1.86. The molecule has 0 spiro atoms. The summed E-state index contributed by atoms with van der Waals surface area (Å²) in [5.74, 6) is 0.223. The zero-order valence-electron chi connectivity index (χ0n) is 18.7. The number of benzene rings is 2. The zero-order chi connectivity index (χ0) is 22.9. The number of hydrogen-bond donors (Lipinski definition) is 0. The highest BCUT2D eigenvalue weighted by Gasteiger charge is 2.34. The Morgan fingerprint density at radius 2 is 1.75 bits per heavy atom. The summed E-state index contributed by atoms with van der Waals surface area (Å²) in [5, 5.41) is 6.16. The van der Waals surface area contributed by atoms with Crippen molar-refractivity contribution in [2.45, 2.75) is 12.5 Å². The molecule has 0 saturated heterocycles. The number of methoxy groups -OCH3 is 3. The Labute approximate surface area is 188 Å².